The van der Waals surface area contributed by atoms with Crippen molar-refractivity contribution in [1.29, 1.82) is 0 Å². The lowest BCUT2D eigenvalue weighted by molar-refractivity contribution is -0.384. The zero-order valence-electron chi connectivity index (χ0n) is 13.3. The van der Waals surface area contributed by atoms with Crippen molar-refractivity contribution in [3.05, 3.63) is 32.8 Å². The third kappa shape index (κ3) is 4.86. The van der Waals surface area contributed by atoms with Crippen LogP contribution in [0.2, 0.25) is 5.02 Å². The Kier molecular flexibility index (Phi) is 6.42. The van der Waals surface area contributed by atoms with E-state index in [4.69, 9.17) is 11.6 Å². The van der Waals surface area contributed by atoms with E-state index in [0.717, 1.165) is 24.3 Å². The molecule has 0 saturated carbocycles. The van der Waals surface area contributed by atoms with E-state index in [0.29, 0.717) is 12.1 Å². The fraction of sp³-hybridized carbons (Fsp3) is 0.600. The molecule has 0 amide bonds. The molecule has 0 aliphatic carbocycles. The van der Waals surface area contributed by atoms with E-state index >= 15 is 0 Å². The number of nitrogens with zero attached hydrogens (tertiary/aromatic N) is 2. The molecular formula is C15H24ClN3O2. The van der Waals surface area contributed by atoms with Crippen LogP contribution < -0.4 is 5.32 Å². The third-order valence-electron chi connectivity index (χ3n) is 3.50. The molecule has 0 atom stereocenters. The Morgan fingerprint density at radius 2 is 1.86 bits per heavy atom. The number of aryl methyl sites for hydroxylation is 1. The van der Waals surface area contributed by atoms with Gasteiger partial charge in [0.1, 0.15) is 5.02 Å². The van der Waals surface area contributed by atoms with E-state index in [9.17, 15) is 10.1 Å². The van der Waals surface area contributed by atoms with E-state index in [1.807, 2.05) is 6.92 Å². The van der Waals surface area contributed by atoms with Crippen LogP contribution >= 0.6 is 11.6 Å². The molecule has 1 N–H and O–H groups in total. The Bertz CT molecular complexity index is 496. The average molecular weight is 314 g/mol. The molecule has 0 heterocycles. The first kappa shape index (κ1) is 17.7. The minimum Gasteiger partial charge on any atom is -0.383 e. The van der Waals surface area contributed by atoms with Gasteiger partial charge in [0.25, 0.3) is 5.69 Å². The van der Waals surface area contributed by atoms with Crippen molar-refractivity contribution in [3.63, 3.8) is 0 Å². The normalized spacial score (nSPS) is 11.5. The molecule has 1 aromatic rings. The summed E-state index contributed by atoms with van der Waals surface area (Å²) in [5.74, 6) is 0. The van der Waals surface area contributed by atoms with Gasteiger partial charge in [-0.15, -0.1) is 0 Å². The number of anilines is 1. The molecular weight excluding hydrogens is 290 g/mol. The van der Waals surface area contributed by atoms with Gasteiger partial charge < -0.3 is 5.32 Å². The molecule has 0 radical (unpaired) electrons. The van der Waals surface area contributed by atoms with Crippen molar-refractivity contribution in [2.75, 3.05) is 18.4 Å². The number of benzene rings is 1. The maximum atomic E-state index is 10.8. The summed E-state index contributed by atoms with van der Waals surface area (Å²) in [6.07, 6.45) is 0. The van der Waals surface area contributed by atoms with Gasteiger partial charge in [-0.3, -0.25) is 15.0 Å². The highest BCUT2D eigenvalue weighted by molar-refractivity contribution is 6.33. The minimum absolute atomic E-state index is 0.0503. The van der Waals surface area contributed by atoms with E-state index in [1.54, 1.807) is 6.07 Å². The van der Waals surface area contributed by atoms with Crippen molar-refractivity contribution in [3.8, 4) is 0 Å². The Morgan fingerprint density at radius 3 is 2.33 bits per heavy atom. The fourth-order valence-corrected chi connectivity index (χ4v) is 2.66. The van der Waals surface area contributed by atoms with Crippen molar-refractivity contribution in [2.24, 2.45) is 0 Å². The number of nitro groups is 1. The van der Waals surface area contributed by atoms with Gasteiger partial charge in [0.2, 0.25) is 0 Å². The van der Waals surface area contributed by atoms with Crippen LogP contribution in [0.3, 0.4) is 0 Å². The molecule has 0 aliphatic heterocycles. The summed E-state index contributed by atoms with van der Waals surface area (Å²) in [5, 5.41) is 14.3. The van der Waals surface area contributed by atoms with Crippen LogP contribution in [0.5, 0.6) is 0 Å². The lowest BCUT2D eigenvalue weighted by atomic mass is 10.1. The van der Waals surface area contributed by atoms with Gasteiger partial charge in [0.05, 0.1) is 4.92 Å². The standard InChI is InChI=1S/C15H24ClN3O2/c1-10(2)18(11(3)4)7-6-17-14-9-13(16)15(19(20)21)8-12(14)5/h8-11,17H,6-7H2,1-5H3. The second-order valence-corrected chi connectivity index (χ2v) is 6.13. The lowest BCUT2D eigenvalue weighted by Gasteiger charge is -2.30. The van der Waals surface area contributed by atoms with E-state index < -0.39 is 4.92 Å². The molecule has 5 nitrogen and oxygen atoms in total. The Hall–Kier alpha value is -1.33. The Balaban J connectivity index is 2.72. The third-order valence-corrected chi connectivity index (χ3v) is 3.81. The molecule has 1 rings (SSSR count). The van der Waals surface area contributed by atoms with E-state index in [2.05, 4.69) is 37.9 Å². The number of nitro benzene ring substituents is 1. The van der Waals surface area contributed by atoms with Crippen LogP contribution in [0, 0.1) is 17.0 Å². The lowest BCUT2D eigenvalue weighted by Crippen LogP contribution is -2.40. The number of rotatable bonds is 7. The van der Waals surface area contributed by atoms with E-state index in [1.165, 1.54) is 6.07 Å². The topological polar surface area (TPSA) is 58.4 Å². The highest BCUT2D eigenvalue weighted by Crippen LogP contribution is 2.30. The number of nitrogens with one attached hydrogen (secondary N) is 1. The summed E-state index contributed by atoms with van der Waals surface area (Å²) in [7, 11) is 0. The predicted octanol–water partition coefficient (Wildman–Crippen LogP) is 4.09. The zero-order chi connectivity index (χ0) is 16.2. The zero-order valence-corrected chi connectivity index (χ0v) is 14.1. The molecule has 0 saturated heterocycles. The van der Waals surface area contributed by atoms with Crippen LogP contribution in [-0.4, -0.2) is 35.0 Å². The molecule has 6 heteroatoms. The van der Waals surface area contributed by atoms with E-state index in [-0.39, 0.29) is 10.7 Å². The summed E-state index contributed by atoms with van der Waals surface area (Å²) >= 11 is 5.95. The summed E-state index contributed by atoms with van der Waals surface area (Å²) in [5.41, 5.74) is 1.62. The molecule has 0 fully saturated rings. The molecule has 0 bridgehead atoms. The number of hydrogen-bond donors (Lipinski definition) is 1. The predicted molar refractivity (Wildman–Crippen MR) is 88.3 cm³/mol. The van der Waals surface area contributed by atoms with Gasteiger partial charge in [0.15, 0.2) is 0 Å². The van der Waals surface area contributed by atoms with Crippen molar-refractivity contribution in [2.45, 2.75) is 46.7 Å². The van der Waals surface area contributed by atoms with Crippen molar-refractivity contribution in [1.82, 2.24) is 4.90 Å². The second kappa shape index (κ2) is 7.61. The largest absolute Gasteiger partial charge is 0.383 e. The molecule has 0 unspecified atom stereocenters. The number of halogens is 1. The molecule has 0 spiro atoms. The van der Waals surface area contributed by atoms with Gasteiger partial charge >= 0.3 is 0 Å². The molecule has 0 aliphatic rings. The van der Waals surface area contributed by atoms with Gasteiger partial charge in [-0.25, -0.2) is 0 Å². The summed E-state index contributed by atoms with van der Waals surface area (Å²) in [6, 6.07) is 4.10. The SMILES string of the molecule is Cc1cc([N+](=O)[O-])c(Cl)cc1NCCN(C(C)C)C(C)C. The smallest absolute Gasteiger partial charge is 0.288 e. The van der Waals surface area contributed by atoms with Crippen LogP contribution in [0.15, 0.2) is 12.1 Å². The maximum absolute atomic E-state index is 10.8. The summed E-state index contributed by atoms with van der Waals surface area (Å²) in [6.45, 7) is 12.2. The fourth-order valence-electron chi connectivity index (χ4n) is 2.43. The summed E-state index contributed by atoms with van der Waals surface area (Å²) < 4.78 is 0. The highest BCUT2D eigenvalue weighted by atomic mass is 35.5. The van der Waals surface area contributed by atoms with Crippen LogP contribution in [-0.2, 0) is 0 Å². The molecule has 1 aromatic carbocycles. The first-order valence-electron chi connectivity index (χ1n) is 7.18. The van der Waals surface area contributed by atoms with Crippen molar-refractivity contribution >= 4 is 23.0 Å². The first-order valence-corrected chi connectivity index (χ1v) is 7.56. The summed E-state index contributed by atoms with van der Waals surface area (Å²) in [4.78, 5) is 12.8. The second-order valence-electron chi connectivity index (χ2n) is 5.73. The maximum Gasteiger partial charge on any atom is 0.288 e. The van der Waals surface area contributed by atoms with Crippen LogP contribution in [0.25, 0.3) is 0 Å². The molecule has 0 aromatic heterocycles. The Morgan fingerprint density at radius 1 is 1.29 bits per heavy atom. The van der Waals surface area contributed by atoms with Gasteiger partial charge in [-0.2, -0.15) is 0 Å². The van der Waals surface area contributed by atoms with Crippen molar-refractivity contribution < 1.29 is 4.92 Å². The van der Waals surface area contributed by atoms with Crippen LogP contribution in [0.4, 0.5) is 11.4 Å². The minimum atomic E-state index is -0.460. The highest BCUT2D eigenvalue weighted by Gasteiger charge is 2.16. The van der Waals surface area contributed by atoms with Gasteiger partial charge in [-0.05, 0) is 46.2 Å². The average Bonchev–Trinajstić information content (AvgIpc) is 2.36. The molecule has 21 heavy (non-hydrogen) atoms. The quantitative estimate of drug-likeness (QED) is 0.608. The number of hydrogen-bond acceptors (Lipinski definition) is 4. The molecule has 118 valence electrons. The Labute approximate surface area is 131 Å². The van der Waals surface area contributed by atoms with Gasteiger partial charge in [0, 0.05) is 36.9 Å². The monoisotopic (exact) mass is 313 g/mol. The first-order chi connectivity index (χ1) is 9.73. The van der Waals surface area contributed by atoms with Crippen LogP contribution in [0.1, 0.15) is 33.3 Å². The van der Waals surface area contributed by atoms with Gasteiger partial charge in [-0.1, -0.05) is 11.6 Å².